The molecule has 1 saturated heterocycles. The summed E-state index contributed by atoms with van der Waals surface area (Å²) >= 11 is 0. The summed E-state index contributed by atoms with van der Waals surface area (Å²) in [5.41, 5.74) is 2.83. The zero-order chi connectivity index (χ0) is 23.4. The molecular weight excluding hydrogens is 428 g/mol. The summed E-state index contributed by atoms with van der Waals surface area (Å²) in [6.45, 7) is 0.349. The molecule has 5 N–H and O–H groups in total. The molecule has 0 saturated carbocycles. The van der Waals surface area contributed by atoms with Gasteiger partial charge in [-0.15, -0.1) is 0 Å². The zero-order valence-electron chi connectivity index (χ0n) is 18.0. The Labute approximate surface area is 189 Å². The smallest absolute Gasteiger partial charge is 0.200 e. The molecule has 0 spiro atoms. The van der Waals surface area contributed by atoms with Crippen molar-refractivity contribution < 1.29 is 39.7 Å². The number of rotatable bonds is 4. The minimum absolute atomic E-state index is 0.0392. The molecule has 0 bridgehead atoms. The van der Waals surface area contributed by atoms with Crippen molar-refractivity contribution >= 4 is 0 Å². The van der Waals surface area contributed by atoms with Crippen molar-refractivity contribution in [2.45, 2.75) is 17.9 Å². The van der Waals surface area contributed by atoms with E-state index in [4.69, 9.17) is 14.2 Å². The van der Waals surface area contributed by atoms with Crippen LogP contribution in [-0.4, -0.2) is 46.4 Å². The third kappa shape index (κ3) is 3.17. The second-order valence-corrected chi connectivity index (χ2v) is 8.41. The lowest BCUT2D eigenvalue weighted by Gasteiger charge is -2.22. The molecule has 172 valence electrons. The van der Waals surface area contributed by atoms with Crippen LogP contribution in [0.4, 0.5) is 0 Å². The molecule has 1 aliphatic carbocycles. The van der Waals surface area contributed by atoms with Crippen molar-refractivity contribution in [3.63, 3.8) is 0 Å². The number of ether oxygens (including phenoxy) is 3. The first kappa shape index (κ1) is 21.1. The molecule has 1 heterocycles. The van der Waals surface area contributed by atoms with Gasteiger partial charge in [0.25, 0.3) is 0 Å². The summed E-state index contributed by atoms with van der Waals surface area (Å²) in [6, 6.07) is 10.9. The predicted octanol–water partition coefficient (Wildman–Crippen LogP) is 3.85. The van der Waals surface area contributed by atoms with Gasteiger partial charge >= 0.3 is 0 Å². The minimum atomic E-state index is -0.465. The Morgan fingerprint density at radius 2 is 1.48 bits per heavy atom. The van der Waals surface area contributed by atoms with Crippen LogP contribution < -0.4 is 9.47 Å². The van der Waals surface area contributed by atoms with Crippen LogP contribution in [0.1, 0.15) is 40.2 Å². The average molecular weight is 452 g/mol. The molecule has 4 atom stereocenters. The van der Waals surface area contributed by atoms with Crippen LogP contribution in [0.15, 0.2) is 42.5 Å². The average Bonchev–Trinajstić information content (AvgIpc) is 3.35. The Morgan fingerprint density at radius 1 is 0.788 bits per heavy atom. The Bertz CT molecular complexity index is 1210. The fraction of sp³-hybridized carbons (Fsp3) is 0.280. The topological polar surface area (TPSA) is 129 Å². The van der Waals surface area contributed by atoms with Crippen molar-refractivity contribution in [1.29, 1.82) is 0 Å². The normalized spacial score (nSPS) is 23.2. The molecule has 0 amide bonds. The molecule has 0 unspecified atom stereocenters. The van der Waals surface area contributed by atoms with Crippen molar-refractivity contribution in [2.24, 2.45) is 5.92 Å². The molecule has 3 aromatic carbocycles. The van der Waals surface area contributed by atoms with Crippen LogP contribution in [0.2, 0.25) is 0 Å². The standard InChI is InChI=1S/C25H24O8/c1-31-19-6-12(7-20(32-2)24(19)30)21-15-10-33-25(11-3-4-16(27)17(28)5-11)22(15)14-8-13(26)9-18(29)23(14)21/h3-9,15,21-22,25-30H,10H2,1-2H3/t15-,21-,22+,25+/m1/s1. The molecule has 1 aliphatic heterocycles. The van der Waals surface area contributed by atoms with Crippen molar-refractivity contribution in [1.82, 2.24) is 0 Å². The second kappa shape index (κ2) is 7.67. The Balaban J connectivity index is 1.68. The second-order valence-electron chi connectivity index (χ2n) is 8.41. The number of benzene rings is 3. The Hall–Kier alpha value is -3.78. The van der Waals surface area contributed by atoms with Gasteiger partial charge in [-0.1, -0.05) is 6.07 Å². The van der Waals surface area contributed by atoms with Gasteiger partial charge in [-0.25, -0.2) is 0 Å². The minimum Gasteiger partial charge on any atom is -0.508 e. The highest BCUT2D eigenvalue weighted by Gasteiger charge is 2.52. The molecule has 8 heteroatoms. The molecule has 5 rings (SSSR count). The maximum Gasteiger partial charge on any atom is 0.200 e. The lowest BCUT2D eigenvalue weighted by molar-refractivity contribution is 0.0988. The van der Waals surface area contributed by atoms with Crippen LogP contribution in [0, 0.1) is 5.92 Å². The van der Waals surface area contributed by atoms with Crippen LogP contribution in [0.5, 0.6) is 40.2 Å². The molecule has 0 radical (unpaired) electrons. The number of phenolic OH excluding ortho intramolecular Hbond substituents is 5. The van der Waals surface area contributed by atoms with E-state index in [1.54, 1.807) is 24.3 Å². The molecular formula is C25H24O8. The number of phenols is 5. The number of methoxy groups -OCH3 is 2. The van der Waals surface area contributed by atoms with Gasteiger partial charge in [0.15, 0.2) is 23.0 Å². The zero-order valence-corrected chi connectivity index (χ0v) is 18.0. The number of fused-ring (bicyclic) bond motifs is 3. The number of aromatic hydroxyl groups is 5. The van der Waals surface area contributed by atoms with Gasteiger partial charge in [0.1, 0.15) is 11.5 Å². The monoisotopic (exact) mass is 452 g/mol. The summed E-state index contributed by atoms with van der Waals surface area (Å²) < 4.78 is 16.8. The van der Waals surface area contributed by atoms with Crippen LogP contribution in [-0.2, 0) is 4.74 Å². The van der Waals surface area contributed by atoms with Gasteiger partial charge in [0, 0.05) is 29.4 Å². The van der Waals surface area contributed by atoms with E-state index in [1.807, 2.05) is 0 Å². The first-order valence-electron chi connectivity index (χ1n) is 10.5. The Kier molecular flexibility index (Phi) is 4.90. The van der Waals surface area contributed by atoms with Gasteiger partial charge in [-0.3, -0.25) is 0 Å². The fourth-order valence-corrected chi connectivity index (χ4v) is 5.35. The van der Waals surface area contributed by atoms with Crippen LogP contribution >= 0.6 is 0 Å². The van der Waals surface area contributed by atoms with Gasteiger partial charge in [-0.2, -0.15) is 0 Å². The van der Waals surface area contributed by atoms with Crippen molar-refractivity contribution in [2.75, 3.05) is 20.8 Å². The van der Waals surface area contributed by atoms with Gasteiger partial charge in [0.05, 0.1) is 26.9 Å². The number of hydrogen-bond donors (Lipinski definition) is 5. The van der Waals surface area contributed by atoms with Crippen LogP contribution in [0.3, 0.4) is 0 Å². The van der Waals surface area contributed by atoms with E-state index in [9.17, 15) is 25.5 Å². The van der Waals surface area contributed by atoms with E-state index in [0.717, 1.165) is 11.1 Å². The largest absolute Gasteiger partial charge is 0.508 e. The third-order valence-corrected chi connectivity index (χ3v) is 6.72. The molecule has 0 aromatic heterocycles. The van der Waals surface area contributed by atoms with Gasteiger partial charge < -0.3 is 39.7 Å². The van der Waals surface area contributed by atoms with E-state index in [1.165, 1.54) is 32.4 Å². The SMILES string of the molecule is COc1cc([C@H]2c3c(O)cc(O)cc3[C@H]3[C@@H]2CO[C@H]3c2ccc(O)c(O)c2)cc(OC)c1O. The molecule has 2 aliphatic rings. The first-order chi connectivity index (χ1) is 15.8. The lowest BCUT2D eigenvalue weighted by Crippen LogP contribution is -2.13. The maximum atomic E-state index is 10.9. The predicted molar refractivity (Wildman–Crippen MR) is 118 cm³/mol. The van der Waals surface area contributed by atoms with E-state index < -0.39 is 6.10 Å². The van der Waals surface area contributed by atoms with Crippen molar-refractivity contribution in [3.8, 4) is 40.2 Å². The highest BCUT2D eigenvalue weighted by Crippen LogP contribution is 2.62. The fourth-order valence-electron chi connectivity index (χ4n) is 5.35. The quantitative estimate of drug-likeness (QED) is 0.378. The van der Waals surface area contributed by atoms with Crippen molar-refractivity contribution in [3.05, 3.63) is 64.7 Å². The van der Waals surface area contributed by atoms with Gasteiger partial charge in [0.2, 0.25) is 5.75 Å². The van der Waals surface area contributed by atoms with Gasteiger partial charge in [-0.05, 0) is 47.0 Å². The highest BCUT2D eigenvalue weighted by molar-refractivity contribution is 5.61. The maximum absolute atomic E-state index is 10.9. The highest BCUT2D eigenvalue weighted by atomic mass is 16.5. The molecule has 3 aromatic rings. The first-order valence-corrected chi connectivity index (χ1v) is 10.5. The van der Waals surface area contributed by atoms with E-state index in [-0.39, 0.29) is 58.0 Å². The molecule has 8 nitrogen and oxygen atoms in total. The molecule has 33 heavy (non-hydrogen) atoms. The van der Waals surface area contributed by atoms with E-state index in [0.29, 0.717) is 17.7 Å². The van der Waals surface area contributed by atoms with E-state index in [2.05, 4.69) is 0 Å². The summed E-state index contributed by atoms with van der Waals surface area (Å²) in [7, 11) is 2.90. The summed E-state index contributed by atoms with van der Waals surface area (Å²) in [4.78, 5) is 0. The Morgan fingerprint density at radius 3 is 2.12 bits per heavy atom. The molecule has 1 fully saturated rings. The summed E-state index contributed by atoms with van der Waals surface area (Å²) in [5.74, 6) is -0.896. The van der Waals surface area contributed by atoms with E-state index >= 15 is 0 Å². The lowest BCUT2D eigenvalue weighted by atomic mass is 9.81. The summed E-state index contributed by atoms with van der Waals surface area (Å²) in [6.07, 6.45) is -0.465. The third-order valence-electron chi connectivity index (χ3n) is 6.72. The number of hydrogen-bond acceptors (Lipinski definition) is 8. The summed E-state index contributed by atoms with van der Waals surface area (Å²) in [5, 5.41) is 51.2. The van der Waals surface area contributed by atoms with Crippen LogP contribution in [0.25, 0.3) is 0 Å².